The molecule has 2 unspecified atom stereocenters. The number of rotatable bonds is 5. The lowest BCUT2D eigenvalue weighted by molar-refractivity contribution is -0.0966. The molecule has 1 saturated heterocycles. The van der Waals surface area contributed by atoms with E-state index < -0.39 is 0 Å². The standard InChI is InChI=1S/C14H27NOS/c1-3-15-13(11-17-2)12-6-9-16-14(10-12)7-4-5-8-14/h12-13,15H,3-11H2,1-2H3. The zero-order valence-electron chi connectivity index (χ0n) is 11.3. The summed E-state index contributed by atoms with van der Waals surface area (Å²) in [6, 6.07) is 0.691. The van der Waals surface area contributed by atoms with Crippen LogP contribution >= 0.6 is 11.8 Å². The van der Waals surface area contributed by atoms with E-state index in [1.165, 1.54) is 44.3 Å². The van der Waals surface area contributed by atoms with Crippen molar-refractivity contribution in [2.75, 3.05) is 25.2 Å². The van der Waals surface area contributed by atoms with Crippen LogP contribution in [0.2, 0.25) is 0 Å². The molecule has 0 radical (unpaired) electrons. The number of hydrogen-bond acceptors (Lipinski definition) is 3. The van der Waals surface area contributed by atoms with E-state index in [4.69, 9.17) is 4.74 Å². The summed E-state index contributed by atoms with van der Waals surface area (Å²) >= 11 is 1.97. The van der Waals surface area contributed by atoms with E-state index in [9.17, 15) is 0 Å². The van der Waals surface area contributed by atoms with Gasteiger partial charge >= 0.3 is 0 Å². The first kappa shape index (κ1) is 13.7. The Morgan fingerprint density at radius 1 is 1.41 bits per heavy atom. The maximum Gasteiger partial charge on any atom is 0.0685 e. The zero-order chi connectivity index (χ0) is 12.1. The molecule has 1 spiro atoms. The van der Waals surface area contributed by atoms with E-state index in [1.807, 2.05) is 11.8 Å². The van der Waals surface area contributed by atoms with Gasteiger partial charge < -0.3 is 10.1 Å². The van der Waals surface area contributed by atoms with Crippen LogP contribution in [0.3, 0.4) is 0 Å². The molecule has 1 heterocycles. The molecule has 0 aromatic heterocycles. The SMILES string of the molecule is CCNC(CSC)C1CCOC2(CCCC2)C1. The second kappa shape index (κ2) is 6.44. The summed E-state index contributed by atoms with van der Waals surface area (Å²) in [5.41, 5.74) is 0.273. The Morgan fingerprint density at radius 3 is 2.82 bits per heavy atom. The minimum atomic E-state index is 0.273. The van der Waals surface area contributed by atoms with Crippen LogP contribution in [0, 0.1) is 5.92 Å². The quantitative estimate of drug-likeness (QED) is 0.818. The monoisotopic (exact) mass is 257 g/mol. The van der Waals surface area contributed by atoms with Gasteiger partial charge in [-0.3, -0.25) is 0 Å². The van der Waals surface area contributed by atoms with Gasteiger partial charge in [0, 0.05) is 18.4 Å². The Morgan fingerprint density at radius 2 is 2.18 bits per heavy atom. The van der Waals surface area contributed by atoms with Crippen LogP contribution in [0.4, 0.5) is 0 Å². The van der Waals surface area contributed by atoms with Crippen molar-refractivity contribution >= 4 is 11.8 Å². The van der Waals surface area contributed by atoms with Crippen molar-refractivity contribution in [1.29, 1.82) is 0 Å². The van der Waals surface area contributed by atoms with E-state index in [2.05, 4.69) is 18.5 Å². The molecule has 17 heavy (non-hydrogen) atoms. The molecule has 2 atom stereocenters. The smallest absolute Gasteiger partial charge is 0.0685 e. The van der Waals surface area contributed by atoms with E-state index in [1.54, 1.807) is 0 Å². The fraction of sp³-hybridized carbons (Fsp3) is 1.00. The van der Waals surface area contributed by atoms with Gasteiger partial charge in [0.2, 0.25) is 0 Å². The second-order valence-electron chi connectivity index (χ2n) is 5.61. The van der Waals surface area contributed by atoms with E-state index in [-0.39, 0.29) is 5.60 Å². The van der Waals surface area contributed by atoms with Crippen LogP contribution in [-0.4, -0.2) is 36.8 Å². The molecule has 2 aliphatic rings. The third-order valence-electron chi connectivity index (χ3n) is 4.43. The molecule has 0 aromatic rings. The maximum atomic E-state index is 6.13. The minimum Gasteiger partial charge on any atom is -0.375 e. The maximum absolute atomic E-state index is 6.13. The largest absolute Gasteiger partial charge is 0.375 e. The summed E-state index contributed by atoms with van der Waals surface area (Å²) in [4.78, 5) is 0. The highest BCUT2D eigenvalue weighted by atomic mass is 32.2. The van der Waals surface area contributed by atoms with Crippen molar-refractivity contribution < 1.29 is 4.74 Å². The van der Waals surface area contributed by atoms with Crippen molar-refractivity contribution in [3.8, 4) is 0 Å². The predicted molar refractivity (Wildman–Crippen MR) is 75.7 cm³/mol. The van der Waals surface area contributed by atoms with Crippen molar-refractivity contribution in [3.63, 3.8) is 0 Å². The molecule has 3 heteroatoms. The molecule has 1 aliphatic carbocycles. The number of ether oxygens (including phenoxy) is 1. The Hall–Kier alpha value is 0.270. The predicted octanol–water partition coefficient (Wildman–Crippen LogP) is 3.07. The van der Waals surface area contributed by atoms with Crippen LogP contribution in [0.1, 0.15) is 45.4 Å². The van der Waals surface area contributed by atoms with Gasteiger partial charge in [-0.15, -0.1) is 0 Å². The van der Waals surface area contributed by atoms with Crippen molar-refractivity contribution in [2.24, 2.45) is 5.92 Å². The van der Waals surface area contributed by atoms with E-state index in [0.29, 0.717) is 6.04 Å². The Balaban J connectivity index is 1.94. The van der Waals surface area contributed by atoms with Crippen LogP contribution in [-0.2, 0) is 4.74 Å². The summed E-state index contributed by atoms with van der Waals surface area (Å²) in [5.74, 6) is 2.07. The van der Waals surface area contributed by atoms with Gasteiger partial charge in [-0.1, -0.05) is 19.8 Å². The average Bonchev–Trinajstić information content (AvgIpc) is 2.77. The molecule has 0 amide bonds. The summed E-state index contributed by atoms with van der Waals surface area (Å²) in [6.45, 7) is 4.30. The lowest BCUT2D eigenvalue weighted by Crippen LogP contribution is -2.46. The molecule has 0 bridgehead atoms. The Kier molecular flexibility index (Phi) is 5.19. The molecule has 1 saturated carbocycles. The topological polar surface area (TPSA) is 21.3 Å². The third kappa shape index (κ3) is 3.39. The Labute approximate surface area is 110 Å². The van der Waals surface area contributed by atoms with Gasteiger partial charge in [-0.2, -0.15) is 11.8 Å². The molecular weight excluding hydrogens is 230 g/mol. The first-order chi connectivity index (χ1) is 8.29. The van der Waals surface area contributed by atoms with Crippen molar-refractivity contribution in [3.05, 3.63) is 0 Å². The minimum absolute atomic E-state index is 0.273. The van der Waals surface area contributed by atoms with Crippen molar-refractivity contribution in [1.82, 2.24) is 5.32 Å². The van der Waals surface area contributed by atoms with Crippen LogP contribution in [0.15, 0.2) is 0 Å². The zero-order valence-corrected chi connectivity index (χ0v) is 12.2. The molecule has 2 nitrogen and oxygen atoms in total. The first-order valence-corrected chi connectivity index (χ1v) is 8.55. The number of thioether (sulfide) groups is 1. The molecule has 2 rings (SSSR count). The molecule has 100 valence electrons. The van der Waals surface area contributed by atoms with Gasteiger partial charge in [0.05, 0.1) is 5.60 Å². The first-order valence-electron chi connectivity index (χ1n) is 7.16. The highest BCUT2D eigenvalue weighted by Crippen LogP contribution is 2.43. The normalized spacial score (nSPS) is 29.6. The third-order valence-corrected chi connectivity index (χ3v) is 5.12. The summed E-state index contributed by atoms with van der Waals surface area (Å²) in [6.07, 6.45) is 10.1. The fourth-order valence-corrected chi connectivity index (χ4v) is 4.33. The van der Waals surface area contributed by atoms with E-state index >= 15 is 0 Å². The fourth-order valence-electron chi connectivity index (χ4n) is 3.58. The molecular formula is C14H27NOS. The van der Waals surface area contributed by atoms with Crippen molar-refractivity contribution in [2.45, 2.75) is 57.1 Å². The summed E-state index contributed by atoms with van der Waals surface area (Å²) in [7, 11) is 0. The lowest BCUT2D eigenvalue weighted by Gasteiger charge is -2.41. The van der Waals surface area contributed by atoms with Gasteiger partial charge in [0.25, 0.3) is 0 Å². The second-order valence-corrected chi connectivity index (χ2v) is 6.52. The lowest BCUT2D eigenvalue weighted by atomic mass is 9.81. The van der Waals surface area contributed by atoms with Gasteiger partial charge in [-0.25, -0.2) is 0 Å². The molecule has 1 aliphatic heterocycles. The van der Waals surface area contributed by atoms with Gasteiger partial charge in [0.1, 0.15) is 0 Å². The highest BCUT2D eigenvalue weighted by molar-refractivity contribution is 7.98. The summed E-state index contributed by atoms with van der Waals surface area (Å²) in [5, 5.41) is 3.68. The van der Waals surface area contributed by atoms with Gasteiger partial charge in [0.15, 0.2) is 0 Å². The van der Waals surface area contributed by atoms with E-state index in [0.717, 1.165) is 19.1 Å². The summed E-state index contributed by atoms with van der Waals surface area (Å²) < 4.78 is 6.13. The average molecular weight is 257 g/mol. The van der Waals surface area contributed by atoms with Gasteiger partial charge in [-0.05, 0) is 44.4 Å². The number of nitrogens with one attached hydrogen (secondary N) is 1. The van der Waals surface area contributed by atoms with Crippen LogP contribution < -0.4 is 5.32 Å². The number of hydrogen-bond donors (Lipinski definition) is 1. The molecule has 2 fully saturated rings. The Bertz CT molecular complexity index is 222. The highest BCUT2D eigenvalue weighted by Gasteiger charge is 2.41. The molecule has 0 aromatic carbocycles. The van der Waals surface area contributed by atoms with Crippen LogP contribution in [0.5, 0.6) is 0 Å². The van der Waals surface area contributed by atoms with Crippen LogP contribution in [0.25, 0.3) is 0 Å². The molecule has 1 N–H and O–H groups in total.